The van der Waals surface area contributed by atoms with E-state index in [-0.39, 0.29) is 5.56 Å². The highest BCUT2D eigenvalue weighted by Crippen LogP contribution is 2.37. The van der Waals surface area contributed by atoms with Gasteiger partial charge in [-0.2, -0.15) is 4.39 Å². The molecule has 0 radical (unpaired) electrons. The van der Waals surface area contributed by atoms with Crippen LogP contribution in [0.4, 0.5) is 8.78 Å². The van der Waals surface area contributed by atoms with E-state index in [1.165, 1.54) is 43.4 Å². The maximum absolute atomic E-state index is 13.9. The van der Waals surface area contributed by atoms with E-state index in [1.54, 1.807) is 0 Å². The number of rotatable bonds is 2. The van der Waals surface area contributed by atoms with Crippen molar-refractivity contribution in [3.8, 4) is 16.9 Å². The Balaban J connectivity index is 1.84. The van der Waals surface area contributed by atoms with Crippen molar-refractivity contribution in [1.29, 1.82) is 0 Å². The zero-order chi connectivity index (χ0) is 15.7. The van der Waals surface area contributed by atoms with Crippen LogP contribution >= 0.6 is 22.6 Å². The SMILES string of the molecule is Oc1ccc(-c2ccc(C3CCC(I)CC3)cc2)c(F)c1F. The molecular formula is C18H17F2IO. The second kappa shape index (κ2) is 6.52. The molecule has 3 rings (SSSR count). The highest BCUT2D eigenvalue weighted by molar-refractivity contribution is 14.1. The van der Waals surface area contributed by atoms with Gasteiger partial charge >= 0.3 is 0 Å². The average molecular weight is 414 g/mol. The molecule has 0 spiro atoms. The standard InChI is InChI=1S/C18H17F2IO/c19-17-15(9-10-16(22)18(17)20)13-3-1-11(2-4-13)12-5-7-14(21)8-6-12/h1-4,9-10,12,14,22H,5-8H2. The van der Waals surface area contributed by atoms with Crippen LogP contribution in [-0.4, -0.2) is 9.03 Å². The lowest BCUT2D eigenvalue weighted by molar-refractivity contribution is 0.408. The van der Waals surface area contributed by atoms with Crippen molar-refractivity contribution in [3.63, 3.8) is 0 Å². The third-order valence-electron chi connectivity index (χ3n) is 4.41. The summed E-state index contributed by atoms with van der Waals surface area (Å²) in [6.07, 6.45) is 4.86. The Bertz CT molecular complexity index is 662. The molecule has 1 aliphatic rings. The van der Waals surface area contributed by atoms with Gasteiger partial charge in [0.1, 0.15) is 0 Å². The Hall–Kier alpha value is -1.17. The van der Waals surface area contributed by atoms with Crippen molar-refractivity contribution >= 4 is 22.6 Å². The third-order valence-corrected chi connectivity index (χ3v) is 5.66. The van der Waals surface area contributed by atoms with Crippen LogP contribution in [0, 0.1) is 11.6 Å². The fourth-order valence-electron chi connectivity index (χ4n) is 3.08. The van der Waals surface area contributed by atoms with E-state index in [4.69, 9.17) is 0 Å². The van der Waals surface area contributed by atoms with E-state index in [0.717, 1.165) is 3.92 Å². The van der Waals surface area contributed by atoms with Crippen LogP contribution in [-0.2, 0) is 0 Å². The van der Waals surface area contributed by atoms with Crippen LogP contribution in [0.3, 0.4) is 0 Å². The molecule has 1 aliphatic carbocycles. The molecule has 1 N–H and O–H groups in total. The minimum atomic E-state index is -1.19. The maximum atomic E-state index is 13.9. The minimum absolute atomic E-state index is 0.179. The normalized spacial score (nSPS) is 21.8. The number of hydrogen-bond donors (Lipinski definition) is 1. The number of halogens is 3. The first kappa shape index (κ1) is 15.7. The van der Waals surface area contributed by atoms with E-state index in [2.05, 4.69) is 22.6 Å². The summed E-state index contributed by atoms with van der Waals surface area (Å²) in [6, 6.07) is 10.3. The Morgan fingerprint density at radius 3 is 2.14 bits per heavy atom. The molecule has 116 valence electrons. The van der Waals surface area contributed by atoms with E-state index in [9.17, 15) is 13.9 Å². The first-order chi connectivity index (χ1) is 10.6. The lowest BCUT2D eigenvalue weighted by atomic mass is 9.83. The topological polar surface area (TPSA) is 20.2 Å². The molecule has 1 saturated carbocycles. The fraction of sp³-hybridized carbons (Fsp3) is 0.333. The molecule has 2 aromatic rings. The molecule has 0 aliphatic heterocycles. The second-order valence-electron chi connectivity index (χ2n) is 5.83. The highest BCUT2D eigenvalue weighted by atomic mass is 127. The molecule has 0 heterocycles. The van der Waals surface area contributed by atoms with Gasteiger partial charge in [-0.15, -0.1) is 0 Å². The number of aromatic hydroxyl groups is 1. The van der Waals surface area contributed by atoms with Crippen molar-refractivity contribution in [2.24, 2.45) is 0 Å². The van der Waals surface area contributed by atoms with Crippen LogP contribution in [0.5, 0.6) is 5.75 Å². The Kier molecular flexibility index (Phi) is 4.66. The molecule has 0 amide bonds. The number of phenolic OH excluding ortho intramolecular Hbond substituents is 1. The largest absolute Gasteiger partial charge is 0.505 e. The van der Waals surface area contributed by atoms with Crippen molar-refractivity contribution in [2.75, 3.05) is 0 Å². The smallest absolute Gasteiger partial charge is 0.200 e. The summed E-state index contributed by atoms with van der Waals surface area (Å²) in [4.78, 5) is 0. The summed E-state index contributed by atoms with van der Waals surface area (Å²) in [5, 5.41) is 9.19. The van der Waals surface area contributed by atoms with Gasteiger partial charge in [-0.3, -0.25) is 0 Å². The van der Waals surface area contributed by atoms with Crippen LogP contribution in [0.25, 0.3) is 11.1 Å². The van der Waals surface area contributed by atoms with Gasteiger partial charge in [0.05, 0.1) is 0 Å². The summed E-state index contributed by atoms with van der Waals surface area (Å²) in [6.45, 7) is 0. The summed E-state index contributed by atoms with van der Waals surface area (Å²) >= 11 is 2.51. The van der Waals surface area contributed by atoms with Gasteiger partial charge in [-0.25, -0.2) is 4.39 Å². The molecular weight excluding hydrogens is 397 g/mol. The monoisotopic (exact) mass is 414 g/mol. The Morgan fingerprint density at radius 2 is 1.50 bits per heavy atom. The van der Waals surface area contributed by atoms with E-state index in [0.29, 0.717) is 11.5 Å². The van der Waals surface area contributed by atoms with Gasteiger partial charge < -0.3 is 5.11 Å². The molecule has 0 atom stereocenters. The predicted octanol–water partition coefficient (Wildman–Crippen LogP) is 5.80. The average Bonchev–Trinajstić information content (AvgIpc) is 2.54. The summed E-state index contributed by atoms with van der Waals surface area (Å²) in [7, 11) is 0. The molecule has 22 heavy (non-hydrogen) atoms. The van der Waals surface area contributed by atoms with Gasteiger partial charge in [0.2, 0.25) is 5.82 Å². The highest BCUT2D eigenvalue weighted by Gasteiger charge is 2.21. The predicted molar refractivity (Wildman–Crippen MR) is 92.5 cm³/mol. The number of hydrogen-bond acceptors (Lipinski definition) is 1. The maximum Gasteiger partial charge on any atom is 0.200 e. The van der Waals surface area contributed by atoms with Crippen LogP contribution < -0.4 is 0 Å². The molecule has 0 saturated heterocycles. The third kappa shape index (κ3) is 3.12. The fourth-order valence-corrected chi connectivity index (χ4v) is 3.80. The van der Waals surface area contributed by atoms with E-state index < -0.39 is 17.4 Å². The second-order valence-corrected chi connectivity index (χ2v) is 7.59. The molecule has 0 bridgehead atoms. The molecule has 4 heteroatoms. The van der Waals surface area contributed by atoms with Gasteiger partial charge in [0.15, 0.2) is 11.6 Å². The van der Waals surface area contributed by atoms with Crippen LogP contribution in [0.2, 0.25) is 0 Å². The number of alkyl halides is 1. The molecule has 2 aromatic carbocycles. The lowest BCUT2D eigenvalue weighted by Gasteiger charge is -2.25. The molecule has 0 unspecified atom stereocenters. The number of benzene rings is 2. The molecule has 0 aromatic heterocycles. The Morgan fingerprint density at radius 1 is 0.864 bits per heavy atom. The first-order valence-electron chi connectivity index (χ1n) is 7.47. The van der Waals surface area contributed by atoms with E-state index >= 15 is 0 Å². The van der Waals surface area contributed by atoms with Gasteiger partial charge in [-0.05, 0) is 54.9 Å². The zero-order valence-corrected chi connectivity index (χ0v) is 14.2. The van der Waals surface area contributed by atoms with Gasteiger partial charge in [0.25, 0.3) is 0 Å². The summed E-state index contributed by atoms with van der Waals surface area (Å²) in [5.74, 6) is -2.28. The Labute approximate surface area is 142 Å². The first-order valence-corrected chi connectivity index (χ1v) is 8.72. The van der Waals surface area contributed by atoms with Gasteiger partial charge in [-0.1, -0.05) is 46.9 Å². The summed E-state index contributed by atoms with van der Waals surface area (Å²) < 4.78 is 28.1. The number of phenols is 1. The minimum Gasteiger partial charge on any atom is -0.505 e. The van der Waals surface area contributed by atoms with E-state index in [1.807, 2.05) is 24.3 Å². The van der Waals surface area contributed by atoms with Crippen molar-refractivity contribution < 1.29 is 13.9 Å². The van der Waals surface area contributed by atoms with Crippen LogP contribution in [0.1, 0.15) is 37.2 Å². The van der Waals surface area contributed by atoms with Crippen molar-refractivity contribution in [1.82, 2.24) is 0 Å². The van der Waals surface area contributed by atoms with Gasteiger partial charge in [0, 0.05) is 9.49 Å². The quantitative estimate of drug-likeness (QED) is 0.487. The molecule has 1 fully saturated rings. The zero-order valence-electron chi connectivity index (χ0n) is 12.0. The lowest BCUT2D eigenvalue weighted by Crippen LogP contribution is -2.12. The van der Waals surface area contributed by atoms with Crippen molar-refractivity contribution in [2.45, 2.75) is 35.5 Å². The van der Waals surface area contributed by atoms with Crippen molar-refractivity contribution in [3.05, 3.63) is 53.6 Å². The molecule has 1 nitrogen and oxygen atoms in total. The van der Waals surface area contributed by atoms with Crippen LogP contribution in [0.15, 0.2) is 36.4 Å². The summed E-state index contributed by atoms with van der Waals surface area (Å²) in [5.41, 5.74) is 2.08.